The predicted molar refractivity (Wildman–Crippen MR) is 138 cm³/mol. The van der Waals surface area contributed by atoms with E-state index in [1.807, 2.05) is 0 Å². The molecule has 4 rings (SSSR count). The van der Waals surface area contributed by atoms with Gasteiger partial charge in [-0.15, -0.1) is 10.2 Å². The molecule has 0 bridgehead atoms. The van der Waals surface area contributed by atoms with Crippen LogP contribution in [-0.2, 0) is 17.9 Å². The molecule has 2 aromatic carbocycles. The van der Waals surface area contributed by atoms with Gasteiger partial charge in [-0.05, 0) is 43.3 Å². The zero-order valence-electron chi connectivity index (χ0n) is 20.7. The van der Waals surface area contributed by atoms with Crippen molar-refractivity contribution in [3.63, 3.8) is 0 Å². The Kier molecular flexibility index (Phi) is 8.28. The minimum absolute atomic E-state index is 0.0662. The van der Waals surface area contributed by atoms with Gasteiger partial charge in [0.05, 0.1) is 17.3 Å². The van der Waals surface area contributed by atoms with Crippen molar-refractivity contribution >= 4 is 29.0 Å². The third kappa shape index (κ3) is 6.40. The highest BCUT2D eigenvalue weighted by atomic mass is 35.5. The van der Waals surface area contributed by atoms with Gasteiger partial charge in [-0.25, -0.2) is 19.1 Å². The Labute approximate surface area is 230 Å². The van der Waals surface area contributed by atoms with Crippen molar-refractivity contribution in [2.24, 2.45) is 0 Å². The van der Waals surface area contributed by atoms with E-state index in [2.05, 4.69) is 15.2 Å². The van der Waals surface area contributed by atoms with Gasteiger partial charge in [-0.2, -0.15) is 13.2 Å². The quantitative estimate of drug-likeness (QED) is 0.308. The minimum Gasteiger partial charge on any atom is -0.382 e. The number of aromatic nitrogens is 6. The Morgan fingerprint density at radius 2 is 1.74 bits per heavy atom. The molecule has 2 heterocycles. The van der Waals surface area contributed by atoms with Crippen LogP contribution in [0.5, 0.6) is 0 Å². The van der Waals surface area contributed by atoms with E-state index in [-0.39, 0.29) is 36.3 Å². The molecule has 2 aromatic heterocycles. The standard InChI is InChI=1S/C25H23Cl2F3N6O3/c1-14(11-15(2)37)22-31-21(32-36(22)19-6-4-3-5-18(19)27)13-35-24(39)34(12-20(38)25(28,29)30)23(33-35)16-7-9-17(26)10-8-16/h3-10,14,20,38H,11-13H2,1-2H3/t14?,20-/m0/s1. The zero-order chi connectivity index (χ0) is 28.5. The number of hydrogen-bond donors (Lipinski definition) is 1. The molecule has 0 aliphatic carbocycles. The van der Waals surface area contributed by atoms with Crippen LogP contribution in [-0.4, -0.2) is 52.3 Å². The molecule has 206 valence electrons. The molecule has 2 atom stereocenters. The van der Waals surface area contributed by atoms with E-state index in [0.29, 0.717) is 27.1 Å². The molecular formula is C25H23Cl2F3N6O3. The molecule has 1 unspecified atom stereocenters. The van der Waals surface area contributed by atoms with Crippen LogP contribution in [0.25, 0.3) is 17.1 Å². The number of carbonyl (C=O) groups excluding carboxylic acids is 1. The van der Waals surface area contributed by atoms with Gasteiger partial charge in [-0.3, -0.25) is 4.57 Å². The van der Waals surface area contributed by atoms with Crippen molar-refractivity contribution in [2.75, 3.05) is 0 Å². The number of Topliss-reactive ketones (excluding diaryl/α,β-unsaturated/α-hetero) is 1. The fourth-order valence-corrected chi connectivity index (χ4v) is 4.35. The lowest BCUT2D eigenvalue weighted by Crippen LogP contribution is -2.37. The lowest BCUT2D eigenvalue weighted by Gasteiger charge is -2.15. The van der Waals surface area contributed by atoms with E-state index >= 15 is 0 Å². The van der Waals surface area contributed by atoms with Gasteiger partial charge in [0, 0.05) is 22.9 Å². The highest BCUT2D eigenvalue weighted by Gasteiger charge is 2.39. The molecule has 9 nitrogen and oxygen atoms in total. The number of aliphatic hydroxyl groups is 1. The van der Waals surface area contributed by atoms with Crippen molar-refractivity contribution in [3.8, 4) is 17.1 Å². The second kappa shape index (κ2) is 11.3. The second-order valence-electron chi connectivity index (χ2n) is 9.00. The Morgan fingerprint density at radius 1 is 1.08 bits per heavy atom. The molecule has 0 aliphatic heterocycles. The smallest absolute Gasteiger partial charge is 0.382 e. The summed E-state index contributed by atoms with van der Waals surface area (Å²) in [4.78, 5) is 29.5. The molecule has 0 radical (unpaired) electrons. The third-order valence-electron chi connectivity index (χ3n) is 5.84. The Balaban J connectivity index is 1.79. The van der Waals surface area contributed by atoms with Gasteiger partial charge >= 0.3 is 11.9 Å². The summed E-state index contributed by atoms with van der Waals surface area (Å²) in [6.07, 6.45) is -7.57. The van der Waals surface area contributed by atoms with Crippen LogP contribution in [0.4, 0.5) is 13.2 Å². The van der Waals surface area contributed by atoms with E-state index in [1.165, 1.54) is 35.9 Å². The Bertz CT molecular complexity index is 1550. The third-order valence-corrected chi connectivity index (χ3v) is 6.41. The van der Waals surface area contributed by atoms with Gasteiger partial charge in [0.2, 0.25) is 0 Å². The number of carbonyl (C=O) groups is 1. The van der Waals surface area contributed by atoms with Gasteiger partial charge in [0.25, 0.3) is 0 Å². The molecule has 4 aromatic rings. The first-order valence-electron chi connectivity index (χ1n) is 11.7. The molecule has 39 heavy (non-hydrogen) atoms. The second-order valence-corrected chi connectivity index (χ2v) is 9.84. The number of para-hydroxylation sites is 1. The maximum absolute atomic E-state index is 13.2. The maximum Gasteiger partial charge on any atom is 0.416 e. The number of alkyl halides is 3. The van der Waals surface area contributed by atoms with E-state index < -0.39 is 24.5 Å². The molecule has 0 saturated heterocycles. The van der Waals surface area contributed by atoms with E-state index in [9.17, 15) is 27.9 Å². The lowest BCUT2D eigenvalue weighted by molar-refractivity contribution is -0.207. The summed E-state index contributed by atoms with van der Waals surface area (Å²) in [6, 6.07) is 12.9. The molecule has 0 fully saturated rings. The highest BCUT2D eigenvalue weighted by molar-refractivity contribution is 6.32. The number of hydrogen-bond acceptors (Lipinski definition) is 6. The first-order chi connectivity index (χ1) is 18.3. The molecule has 0 spiro atoms. The molecule has 14 heteroatoms. The minimum atomic E-state index is -4.95. The molecule has 0 aliphatic rings. The maximum atomic E-state index is 13.2. The van der Waals surface area contributed by atoms with Crippen LogP contribution in [0.3, 0.4) is 0 Å². The van der Waals surface area contributed by atoms with Crippen LogP contribution < -0.4 is 5.69 Å². The fourth-order valence-electron chi connectivity index (χ4n) is 4.01. The summed E-state index contributed by atoms with van der Waals surface area (Å²) in [5.74, 6) is -0.00242. The van der Waals surface area contributed by atoms with Gasteiger partial charge in [0.15, 0.2) is 17.8 Å². The van der Waals surface area contributed by atoms with E-state index in [0.717, 1.165) is 9.25 Å². The van der Waals surface area contributed by atoms with Crippen LogP contribution in [0.2, 0.25) is 10.0 Å². The number of halogens is 5. The topological polar surface area (TPSA) is 108 Å². The summed E-state index contributed by atoms with van der Waals surface area (Å²) in [5, 5.41) is 19.2. The number of rotatable bonds is 9. The average Bonchev–Trinajstić information content (AvgIpc) is 3.41. The number of aliphatic hydroxyl groups excluding tert-OH is 1. The highest BCUT2D eigenvalue weighted by Crippen LogP contribution is 2.27. The van der Waals surface area contributed by atoms with Gasteiger partial charge in [-0.1, -0.05) is 42.3 Å². The molecule has 1 N–H and O–H groups in total. The summed E-state index contributed by atoms with van der Waals surface area (Å²) < 4.78 is 42.6. The number of ketones is 1. The van der Waals surface area contributed by atoms with Crippen molar-refractivity contribution in [1.82, 2.24) is 29.1 Å². The zero-order valence-corrected chi connectivity index (χ0v) is 22.2. The first kappa shape index (κ1) is 28.5. The number of nitrogens with zero attached hydrogens (tertiary/aromatic N) is 6. The van der Waals surface area contributed by atoms with Crippen LogP contribution in [0, 0.1) is 0 Å². The van der Waals surface area contributed by atoms with Crippen LogP contribution in [0.1, 0.15) is 37.8 Å². The Morgan fingerprint density at radius 3 is 2.36 bits per heavy atom. The predicted octanol–water partition coefficient (Wildman–Crippen LogP) is 4.65. The van der Waals surface area contributed by atoms with E-state index in [1.54, 1.807) is 31.2 Å². The van der Waals surface area contributed by atoms with Crippen LogP contribution in [0.15, 0.2) is 53.3 Å². The first-order valence-corrected chi connectivity index (χ1v) is 12.5. The normalized spacial score (nSPS) is 13.4. The lowest BCUT2D eigenvalue weighted by atomic mass is 10.0. The van der Waals surface area contributed by atoms with Gasteiger partial charge < -0.3 is 9.90 Å². The fraction of sp³-hybridized carbons (Fsp3) is 0.320. The monoisotopic (exact) mass is 582 g/mol. The number of benzene rings is 2. The molecular weight excluding hydrogens is 560 g/mol. The summed E-state index contributed by atoms with van der Waals surface area (Å²) in [7, 11) is 0. The SMILES string of the molecule is CC(=O)CC(C)c1nc(Cn2nc(-c3ccc(Cl)cc3)n(C[C@H](O)C(F)(F)F)c2=O)nn1-c1ccccc1Cl. The van der Waals surface area contributed by atoms with Gasteiger partial charge in [0.1, 0.15) is 18.2 Å². The Hall–Kier alpha value is -3.48. The van der Waals surface area contributed by atoms with Crippen LogP contribution >= 0.6 is 23.2 Å². The summed E-state index contributed by atoms with van der Waals surface area (Å²) in [6.45, 7) is 1.88. The van der Waals surface area contributed by atoms with E-state index in [4.69, 9.17) is 23.2 Å². The largest absolute Gasteiger partial charge is 0.416 e. The summed E-state index contributed by atoms with van der Waals surface area (Å²) in [5.41, 5.74) is -0.0954. The average molecular weight is 583 g/mol. The van der Waals surface area contributed by atoms with Crippen molar-refractivity contribution < 1.29 is 23.1 Å². The molecule has 0 saturated carbocycles. The molecule has 0 amide bonds. The van der Waals surface area contributed by atoms with Crippen molar-refractivity contribution in [3.05, 3.63) is 80.7 Å². The van der Waals surface area contributed by atoms with Crippen molar-refractivity contribution in [2.45, 2.75) is 51.6 Å². The summed E-state index contributed by atoms with van der Waals surface area (Å²) >= 11 is 12.3. The van der Waals surface area contributed by atoms with Crippen molar-refractivity contribution in [1.29, 1.82) is 0 Å².